The molecular weight excluding hydrogens is 298 g/mol. The van der Waals surface area contributed by atoms with Crippen LogP contribution in [0.15, 0.2) is 31.7 Å². The van der Waals surface area contributed by atoms with Gasteiger partial charge in [-0.25, -0.2) is 0 Å². The molecule has 0 aliphatic heterocycles. The maximum Gasteiger partial charge on any atom is 0.240 e. The molecule has 0 radical (unpaired) electrons. The fourth-order valence-corrected chi connectivity index (χ4v) is 3.35. The highest BCUT2D eigenvalue weighted by atomic mass is 32.2. The molecule has 3 aromatic rings. The quantitative estimate of drug-likeness (QED) is 0.719. The minimum atomic E-state index is -0.0103. The summed E-state index contributed by atoms with van der Waals surface area (Å²) in [5.41, 5.74) is 0. The van der Waals surface area contributed by atoms with E-state index in [0.717, 1.165) is 9.47 Å². The van der Waals surface area contributed by atoms with E-state index in [2.05, 4.69) is 25.7 Å². The van der Waals surface area contributed by atoms with Crippen molar-refractivity contribution in [2.75, 3.05) is 12.4 Å². The van der Waals surface area contributed by atoms with Crippen LogP contribution in [0.1, 0.15) is 18.1 Å². The molecule has 0 aromatic carbocycles. The number of thioether (sulfide) groups is 1. The van der Waals surface area contributed by atoms with Crippen LogP contribution in [0.5, 0.6) is 0 Å². The van der Waals surface area contributed by atoms with Gasteiger partial charge in [-0.2, -0.15) is 4.98 Å². The highest BCUT2D eigenvalue weighted by Gasteiger charge is 2.19. The molecule has 20 heavy (non-hydrogen) atoms. The lowest BCUT2D eigenvalue weighted by Gasteiger charge is -2.01. The number of hydrogen-bond donors (Lipinski definition) is 1. The zero-order chi connectivity index (χ0) is 13.9. The van der Waals surface area contributed by atoms with Crippen molar-refractivity contribution in [3.63, 3.8) is 0 Å². The van der Waals surface area contributed by atoms with Crippen LogP contribution in [0.2, 0.25) is 0 Å². The van der Waals surface area contributed by atoms with Crippen LogP contribution >= 0.6 is 23.1 Å². The molecule has 9 heteroatoms. The number of nitrogens with zero attached hydrogens (tertiary/aromatic N) is 4. The van der Waals surface area contributed by atoms with Crippen molar-refractivity contribution in [3.8, 4) is 11.6 Å². The molecule has 3 aromatic heterocycles. The van der Waals surface area contributed by atoms with Gasteiger partial charge in [-0.1, -0.05) is 28.3 Å². The molecule has 1 atom stereocenters. The molecule has 0 fully saturated rings. The van der Waals surface area contributed by atoms with Gasteiger partial charge in [0.1, 0.15) is 0 Å². The maximum absolute atomic E-state index is 5.25. The van der Waals surface area contributed by atoms with E-state index >= 15 is 0 Å². The first-order chi connectivity index (χ1) is 9.76. The molecule has 1 N–H and O–H groups in total. The Kier molecular flexibility index (Phi) is 3.70. The molecule has 7 nitrogen and oxygen atoms in total. The fraction of sp³-hybridized carbons (Fsp3) is 0.273. The largest absolute Gasteiger partial charge is 0.461 e. The van der Waals surface area contributed by atoms with Crippen molar-refractivity contribution in [2.24, 2.45) is 0 Å². The van der Waals surface area contributed by atoms with Crippen LogP contribution in [0.3, 0.4) is 0 Å². The number of aromatic nitrogens is 4. The van der Waals surface area contributed by atoms with Gasteiger partial charge in [-0.3, -0.25) is 0 Å². The third-order valence-electron chi connectivity index (χ3n) is 2.43. The van der Waals surface area contributed by atoms with Crippen LogP contribution in [0.4, 0.5) is 5.13 Å². The summed E-state index contributed by atoms with van der Waals surface area (Å²) in [5.74, 6) is 1.57. The lowest BCUT2D eigenvalue weighted by atomic mass is 10.4. The van der Waals surface area contributed by atoms with E-state index < -0.39 is 0 Å². The van der Waals surface area contributed by atoms with E-state index in [1.807, 2.05) is 14.0 Å². The van der Waals surface area contributed by atoms with Crippen molar-refractivity contribution < 1.29 is 8.94 Å². The highest BCUT2D eigenvalue weighted by molar-refractivity contribution is 8.01. The molecular formula is C11H11N5O2S2. The predicted octanol–water partition coefficient (Wildman–Crippen LogP) is 3.08. The second kappa shape index (κ2) is 5.63. The van der Waals surface area contributed by atoms with Gasteiger partial charge < -0.3 is 14.3 Å². The van der Waals surface area contributed by atoms with E-state index in [1.54, 1.807) is 18.4 Å². The van der Waals surface area contributed by atoms with Gasteiger partial charge in [0.15, 0.2) is 10.1 Å². The highest BCUT2D eigenvalue weighted by Crippen LogP contribution is 2.37. The summed E-state index contributed by atoms with van der Waals surface area (Å²) in [6.07, 6.45) is 1.57. The number of nitrogens with one attached hydrogen (secondary N) is 1. The Morgan fingerprint density at radius 2 is 2.30 bits per heavy atom. The summed E-state index contributed by atoms with van der Waals surface area (Å²) in [5, 5.41) is 15.7. The van der Waals surface area contributed by atoms with Crippen molar-refractivity contribution in [1.82, 2.24) is 20.3 Å². The van der Waals surface area contributed by atoms with Crippen LogP contribution < -0.4 is 5.32 Å². The van der Waals surface area contributed by atoms with Crippen molar-refractivity contribution in [1.29, 1.82) is 0 Å². The van der Waals surface area contributed by atoms with Crippen molar-refractivity contribution in [3.05, 3.63) is 24.3 Å². The van der Waals surface area contributed by atoms with Gasteiger partial charge >= 0.3 is 0 Å². The molecule has 0 bridgehead atoms. The first kappa shape index (κ1) is 13.1. The third-order valence-corrected chi connectivity index (χ3v) is 4.54. The van der Waals surface area contributed by atoms with Gasteiger partial charge in [0.2, 0.25) is 16.8 Å². The summed E-state index contributed by atoms with van der Waals surface area (Å²) in [7, 11) is 1.81. The van der Waals surface area contributed by atoms with Crippen LogP contribution in [-0.2, 0) is 0 Å². The van der Waals surface area contributed by atoms with E-state index in [4.69, 9.17) is 8.94 Å². The zero-order valence-corrected chi connectivity index (χ0v) is 12.4. The number of rotatable bonds is 5. The molecule has 0 amide bonds. The summed E-state index contributed by atoms with van der Waals surface area (Å²) in [4.78, 5) is 4.32. The normalized spacial score (nSPS) is 12.5. The molecule has 104 valence electrons. The summed E-state index contributed by atoms with van der Waals surface area (Å²) in [6, 6.07) is 3.57. The van der Waals surface area contributed by atoms with E-state index in [9.17, 15) is 0 Å². The Bertz CT molecular complexity index is 679. The molecule has 0 spiro atoms. The molecule has 0 aliphatic carbocycles. The molecule has 0 aliphatic rings. The lowest BCUT2D eigenvalue weighted by Crippen LogP contribution is -1.88. The number of hydrogen-bond acceptors (Lipinski definition) is 9. The average molecular weight is 309 g/mol. The van der Waals surface area contributed by atoms with Crippen LogP contribution in [-0.4, -0.2) is 27.4 Å². The van der Waals surface area contributed by atoms with E-state index in [1.165, 1.54) is 23.1 Å². The average Bonchev–Trinajstić information content (AvgIpc) is 3.19. The monoisotopic (exact) mass is 309 g/mol. The maximum atomic E-state index is 5.25. The third kappa shape index (κ3) is 2.68. The van der Waals surface area contributed by atoms with Crippen LogP contribution in [0.25, 0.3) is 11.6 Å². The Hall–Kier alpha value is -1.87. The zero-order valence-electron chi connectivity index (χ0n) is 10.7. The number of anilines is 1. The fourth-order valence-electron chi connectivity index (χ4n) is 1.47. The van der Waals surface area contributed by atoms with Crippen molar-refractivity contribution >= 4 is 28.2 Å². The molecule has 3 rings (SSSR count). The van der Waals surface area contributed by atoms with Gasteiger partial charge in [-0.05, 0) is 19.1 Å². The molecule has 1 unspecified atom stereocenters. The Balaban J connectivity index is 1.72. The summed E-state index contributed by atoms with van der Waals surface area (Å²) in [6.45, 7) is 1.98. The predicted molar refractivity (Wildman–Crippen MR) is 75.7 cm³/mol. The summed E-state index contributed by atoms with van der Waals surface area (Å²) >= 11 is 3.00. The van der Waals surface area contributed by atoms with E-state index in [0.29, 0.717) is 17.5 Å². The minimum Gasteiger partial charge on any atom is -0.461 e. The Labute approximate surface area is 122 Å². The smallest absolute Gasteiger partial charge is 0.240 e. The standard InChI is InChI=1S/C11H11N5O2S2/c1-6(19-11-15-14-10(12-2)20-11)9-13-8(16-18-9)7-4-3-5-17-7/h3-6H,1-2H3,(H,12,14). The second-order valence-electron chi connectivity index (χ2n) is 3.82. The molecule has 0 saturated carbocycles. The van der Waals surface area contributed by atoms with Gasteiger partial charge in [0.05, 0.1) is 11.5 Å². The number of furan rings is 1. The van der Waals surface area contributed by atoms with Crippen LogP contribution in [0, 0.1) is 0 Å². The first-order valence-electron chi connectivity index (χ1n) is 5.81. The second-order valence-corrected chi connectivity index (χ2v) is 6.38. The SMILES string of the molecule is CNc1nnc(SC(C)c2nc(-c3ccco3)no2)s1. The van der Waals surface area contributed by atoms with Crippen molar-refractivity contribution in [2.45, 2.75) is 16.5 Å². The Morgan fingerprint density at radius 1 is 1.40 bits per heavy atom. The van der Waals surface area contributed by atoms with Gasteiger partial charge in [0.25, 0.3) is 0 Å². The topological polar surface area (TPSA) is 89.9 Å². The first-order valence-corrected chi connectivity index (χ1v) is 7.51. The minimum absolute atomic E-state index is 0.0103. The molecule has 0 saturated heterocycles. The molecule has 3 heterocycles. The van der Waals surface area contributed by atoms with Gasteiger partial charge in [-0.15, -0.1) is 10.2 Å². The lowest BCUT2D eigenvalue weighted by molar-refractivity contribution is 0.379. The Morgan fingerprint density at radius 3 is 3.00 bits per heavy atom. The summed E-state index contributed by atoms with van der Waals surface area (Å²) < 4.78 is 11.3. The van der Waals surface area contributed by atoms with E-state index in [-0.39, 0.29) is 5.25 Å². The van der Waals surface area contributed by atoms with Gasteiger partial charge in [0, 0.05) is 7.05 Å².